The van der Waals surface area contributed by atoms with Crippen molar-refractivity contribution in [2.24, 2.45) is 5.92 Å². The van der Waals surface area contributed by atoms with Gasteiger partial charge >= 0.3 is 0 Å². The fourth-order valence-corrected chi connectivity index (χ4v) is 2.12. The summed E-state index contributed by atoms with van der Waals surface area (Å²) in [6.07, 6.45) is 5.28. The number of hydrogen-bond donors (Lipinski definition) is 0. The van der Waals surface area contributed by atoms with Gasteiger partial charge in [0.15, 0.2) is 0 Å². The van der Waals surface area contributed by atoms with E-state index in [0.717, 1.165) is 44.2 Å². The minimum absolute atomic E-state index is 0.0334. The van der Waals surface area contributed by atoms with E-state index in [-0.39, 0.29) is 5.41 Å². The Labute approximate surface area is 104 Å². The molecule has 0 unspecified atom stereocenters. The average molecular weight is 234 g/mol. The number of aromatic nitrogens is 2. The summed E-state index contributed by atoms with van der Waals surface area (Å²) in [5.74, 6) is 1.67. The van der Waals surface area contributed by atoms with Crippen LogP contribution in [-0.4, -0.2) is 23.2 Å². The van der Waals surface area contributed by atoms with Crippen LogP contribution in [0.1, 0.15) is 45.1 Å². The maximum absolute atomic E-state index is 5.38. The summed E-state index contributed by atoms with van der Waals surface area (Å²) in [5.41, 5.74) is 1.21. The van der Waals surface area contributed by atoms with Gasteiger partial charge in [0.05, 0.1) is 0 Å². The summed E-state index contributed by atoms with van der Waals surface area (Å²) in [6, 6.07) is 2.05. The van der Waals surface area contributed by atoms with Gasteiger partial charge in [-0.25, -0.2) is 9.97 Å². The van der Waals surface area contributed by atoms with E-state index in [1.165, 1.54) is 5.69 Å². The Morgan fingerprint density at radius 1 is 1.29 bits per heavy atom. The van der Waals surface area contributed by atoms with Crippen molar-refractivity contribution in [3.63, 3.8) is 0 Å². The van der Waals surface area contributed by atoms with E-state index in [9.17, 15) is 0 Å². The van der Waals surface area contributed by atoms with Crippen LogP contribution in [0.4, 0.5) is 0 Å². The third kappa shape index (κ3) is 3.50. The second kappa shape index (κ2) is 5.13. The van der Waals surface area contributed by atoms with Crippen LogP contribution in [0.5, 0.6) is 0 Å². The molecule has 2 heterocycles. The molecule has 94 valence electrons. The van der Waals surface area contributed by atoms with E-state index < -0.39 is 0 Å². The molecule has 1 aromatic heterocycles. The Morgan fingerprint density at radius 2 is 2.00 bits per heavy atom. The van der Waals surface area contributed by atoms with Crippen molar-refractivity contribution in [3.8, 4) is 0 Å². The van der Waals surface area contributed by atoms with E-state index >= 15 is 0 Å². The van der Waals surface area contributed by atoms with Crippen molar-refractivity contribution in [2.75, 3.05) is 13.2 Å². The Hall–Kier alpha value is -0.960. The van der Waals surface area contributed by atoms with Crippen LogP contribution in [0.25, 0.3) is 0 Å². The summed E-state index contributed by atoms with van der Waals surface area (Å²) in [4.78, 5) is 9.05. The molecule has 1 aromatic rings. The highest BCUT2D eigenvalue weighted by Crippen LogP contribution is 2.21. The van der Waals surface area contributed by atoms with Crippen LogP contribution in [0.15, 0.2) is 12.3 Å². The molecule has 1 aliphatic heterocycles. The van der Waals surface area contributed by atoms with Gasteiger partial charge in [-0.2, -0.15) is 0 Å². The van der Waals surface area contributed by atoms with Gasteiger partial charge in [-0.1, -0.05) is 20.8 Å². The lowest BCUT2D eigenvalue weighted by atomic mass is 9.93. The SMILES string of the molecule is CC(C)(C)c1nccc(CC2CCOCC2)n1. The monoisotopic (exact) mass is 234 g/mol. The normalized spacial score (nSPS) is 18.3. The molecule has 0 atom stereocenters. The lowest BCUT2D eigenvalue weighted by Gasteiger charge is -2.22. The van der Waals surface area contributed by atoms with Crippen LogP contribution in [0.2, 0.25) is 0 Å². The van der Waals surface area contributed by atoms with Crippen molar-refractivity contribution in [1.29, 1.82) is 0 Å². The minimum Gasteiger partial charge on any atom is -0.381 e. The second-order valence-corrected chi connectivity index (χ2v) is 5.88. The summed E-state index contributed by atoms with van der Waals surface area (Å²) >= 11 is 0. The van der Waals surface area contributed by atoms with Crippen LogP contribution in [0.3, 0.4) is 0 Å². The Bertz CT molecular complexity index is 365. The van der Waals surface area contributed by atoms with E-state index in [4.69, 9.17) is 4.74 Å². The molecule has 0 bridgehead atoms. The first-order valence-corrected chi connectivity index (χ1v) is 6.46. The van der Waals surface area contributed by atoms with Crippen molar-refractivity contribution in [2.45, 2.75) is 45.4 Å². The van der Waals surface area contributed by atoms with Crippen LogP contribution in [-0.2, 0) is 16.6 Å². The molecule has 0 radical (unpaired) electrons. The highest BCUT2D eigenvalue weighted by Gasteiger charge is 2.19. The van der Waals surface area contributed by atoms with Gasteiger partial charge in [-0.05, 0) is 31.2 Å². The van der Waals surface area contributed by atoms with Gasteiger partial charge in [0, 0.05) is 30.5 Å². The summed E-state index contributed by atoms with van der Waals surface area (Å²) in [6.45, 7) is 8.27. The van der Waals surface area contributed by atoms with E-state index in [2.05, 4.69) is 30.7 Å². The van der Waals surface area contributed by atoms with Crippen molar-refractivity contribution >= 4 is 0 Å². The number of ether oxygens (including phenoxy) is 1. The zero-order chi connectivity index (χ0) is 12.3. The van der Waals surface area contributed by atoms with Gasteiger partial charge in [0.1, 0.15) is 5.82 Å². The third-order valence-electron chi connectivity index (χ3n) is 3.22. The topological polar surface area (TPSA) is 35.0 Å². The molecule has 0 spiro atoms. The smallest absolute Gasteiger partial charge is 0.133 e. The van der Waals surface area contributed by atoms with E-state index in [1.807, 2.05) is 12.3 Å². The van der Waals surface area contributed by atoms with Gasteiger partial charge in [-0.15, -0.1) is 0 Å². The second-order valence-electron chi connectivity index (χ2n) is 5.88. The van der Waals surface area contributed by atoms with Gasteiger partial charge in [0.2, 0.25) is 0 Å². The molecule has 0 saturated carbocycles. The Balaban J connectivity index is 2.05. The maximum Gasteiger partial charge on any atom is 0.133 e. The van der Waals surface area contributed by atoms with Crippen molar-refractivity contribution in [1.82, 2.24) is 9.97 Å². The minimum atomic E-state index is 0.0334. The number of hydrogen-bond acceptors (Lipinski definition) is 3. The Morgan fingerprint density at radius 3 is 2.65 bits per heavy atom. The maximum atomic E-state index is 5.38. The molecule has 0 aromatic carbocycles. The number of nitrogens with zero attached hydrogens (tertiary/aromatic N) is 2. The van der Waals surface area contributed by atoms with Gasteiger partial charge < -0.3 is 4.74 Å². The molecule has 2 rings (SSSR count). The van der Waals surface area contributed by atoms with Crippen LogP contribution in [0, 0.1) is 5.92 Å². The van der Waals surface area contributed by atoms with Crippen molar-refractivity contribution in [3.05, 3.63) is 23.8 Å². The average Bonchev–Trinajstić information content (AvgIpc) is 2.29. The first-order chi connectivity index (χ1) is 8.05. The molecular formula is C14H22N2O. The van der Waals surface area contributed by atoms with Gasteiger partial charge in [0.25, 0.3) is 0 Å². The van der Waals surface area contributed by atoms with E-state index in [1.54, 1.807) is 0 Å². The molecule has 17 heavy (non-hydrogen) atoms. The lowest BCUT2D eigenvalue weighted by molar-refractivity contribution is 0.0662. The zero-order valence-corrected chi connectivity index (χ0v) is 11.1. The fourth-order valence-electron chi connectivity index (χ4n) is 2.12. The first kappa shape index (κ1) is 12.5. The third-order valence-corrected chi connectivity index (χ3v) is 3.22. The molecule has 0 amide bonds. The molecular weight excluding hydrogens is 212 g/mol. The predicted octanol–water partition coefficient (Wildman–Crippen LogP) is 2.74. The van der Waals surface area contributed by atoms with Gasteiger partial charge in [-0.3, -0.25) is 0 Å². The number of rotatable bonds is 2. The quantitative estimate of drug-likeness (QED) is 0.789. The predicted molar refractivity (Wildman–Crippen MR) is 68.0 cm³/mol. The summed E-state index contributed by atoms with van der Waals surface area (Å²) < 4.78 is 5.38. The summed E-state index contributed by atoms with van der Waals surface area (Å²) in [7, 11) is 0. The zero-order valence-electron chi connectivity index (χ0n) is 11.1. The molecule has 3 nitrogen and oxygen atoms in total. The first-order valence-electron chi connectivity index (χ1n) is 6.46. The lowest BCUT2D eigenvalue weighted by Crippen LogP contribution is -2.20. The van der Waals surface area contributed by atoms with Crippen LogP contribution < -0.4 is 0 Å². The van der Waals surface area contributed by atoms with Crippen molar-refractivity contribution < 1.29 is 4.74 Å². The molecule has 1 saturated heterocycles. The highest BCUT2D eigenvalue weighted by molar-refractivity contribution is 5.09. The molecule has 1 fully saturated rings. The fraction of sp³-hybridized carbons (Fsp3) is 0.714. The highest BCUT2D eigenvalue weighted by atomic mass is 16.5. The summed E-state index contributed by atoms with van der Waals surface area (Å²) in [5, 5.41) is 0. The molecule has 3 heteroatoms. The molecule has 0 aliphatic carbocycles. The molecule has 0 N–H and O–H groups in total. The standard InChI is InChI=1S/C14H22N2O/c1-14(2,3)13-15-7-4-12(16-13)10-11-5-8-17-9-6-11/h4,7,11H,5-6,8-10H2,1-3H3. The van der Waals surface area contributed by atoms with E-state index in [0.29, 0.717) is 0 Å². The largest absolute Gasteiger partial charge is 0.381 e. The molecule has 1 aliphatic rings. The van der Waals surface area contributed by atoms with Crippen LogP contribution >= 0.6 is 0 Å². The Kier molecular flexibility index (Phi) is 3.77.